The third-order valence-corrected chi connectivity index (χ3v) is 12.1. The molecule has 7 nitrogen and oxygen atoms in total. The Bertz CT molecular complexity index is 5880. The van der Waals surface area contributed by atoms with Crippen LogP contribution in [0.2, 0.25) is 0 Å². The number of fused-ring (bicyclic) bond motifs is 12. The maximum atomic E-state index is 9.65. The molecule has 326 valence electrons. The van der Waals surface area contributed by atoms with E-state index in [9.17, 15) is 21.9 Å². The third kappa shape index (κ3) is 5.48. The Morgan fingerprint density at radius 2 is 0.543 bits per heavy atom. The van der Waals surface area contributed by atoms with Crippen LogP contribution < -0.4 is 0 Å². The van der Waals surface area contributed by atoms with Gasteiger partial charge in [-0.3, -0.25) is 9.13 Å². The summed E-state index contributed by atoms with van der Waals surface area (Å²) in [6.45, 7) is 0. The molecule has 0 aliphatic heterocycles. The van der Waals surface area contributed by atoms with E-state index in [-0.39, 0.29) is 28.1 Å². The Kier molecular flexibility index (Phi) is 4.02. The van der Waals surface area contributed by atoms with Gasteiger partial charge in [0.15, 0.2) is 5.82 Å². The molecule has 0 radical (unpaired) electrons. The second kappa shape index (κ2) is 15.0. The minimum Gasteiger partial charge on any atom is -0.309 e. The average molecular weight is 926 g/mol. The summed E-state index contributed by atoms with van der Waals surface area (Å²) in [5.74, 6) is -2.31. The number of benzene rings is 10. The van der Waals surface area contributed by atoms with E-state index in [4.69, 9.17) is 36.9 Å². The maximum absolute atomic E-state index is 9.65. The average Bonchev–Trinajstić information content (AvgIpc) is 1.55. The van der Waals surface area contributed by atoms with Crippen LogP contribution in [0.3, 0.4) is 0 Å². The van der Waals surface area contributed by atoms with Gasteiger partial charge >= 0.3 is 0 Å². The van der Waals surface area contributed by atoms with Gasteiger partial charge in [-0.15, -0.1) is 0 Å². The van der Waals surface area contributed by atoms with Crippen LogP contribution in [-0.4, -0.2) is 33.2 Å². The smallest absolute Gasteiger partial charge is 0.240 e. The lowest BCUT2D eigenvalue weighted by Gasteiger charge is -2.22. The van der Waals surface area contributed by atoms with E-state index in [1.165, 1.54) is 42.5 Å². The summed E-state index contributed by atoms with van der Waals surface area (Å²) in [6, 6.07) is -17.2. The predicted molar refractivity (Wildman–Crippen MR) is 288 cm³/mol. The van der Waals surface area contributed by atoms with Crippen LogP contribution in [0, 0.1) is 0 Å². The normalized spacial score (nSPS) is 18.4. The molecular formula is C63H39N7. The Labute approximate surface area is 446 Å². The van der Waals surface area contributed by atoms with E-state index < -0.39 is 298 Å². The Balaban J connectivity index is 1.22. The highest BCUT2D eigenvalue weighted by atomic mass is 15.3. The lowest BCUT2D eigenvalue weighted by atomic mass is 9.95. The molecular weight excluding hydrogens is 855 g/mol. The highest BCUT2D eigenvalue weighted by Gasteiger charge is 2.26. The number of hydrogen-bond donors (Lipinski definition) is 0. The molecule has 0 spiro atoms. The van der Waals surface area contributed by atoms with Gasteiger partial charge in [0.05, 0.1) is 99.4 Å². The molecule has 0 bridgehead atoms. The van der Waals surface area contributed by atoms with Gasteiger partial charge in [-0.25, -0.2) is 0 Å². The largest absolute Gasteiger partial charge is 0.309 e. The number of rotatable bonds is 6. The fraction of sp³-hybridized carbons (Fsp3) is 0. The van der Waals surface area contributed by atoms with Crippen LogP contribution in [0.25, 0.3) is 133 Å². The first kappa shape index (κ1) is 18.8. The summed E-state index contributed by atoms with van der Waals surface area (Å²) in [5, 5.41) is -3.67. The molecule has 0 saturated heterocycles. The van der Waals surface area contributed by atoms with Crippen LogP contribution in [0.4, 0.5) is 0 Å². The van der Waals surface area contributed by atoms with Crippen molar-refractivity contribution in [3.63, 3.8) is 0 Å². The minimum absolute atomic E-state index is 0.225. The van der Waals surface area contributed by atoms with Crippen molar-refractivity contribution in [3.8, 4) is 45.8 Å². The fourth-order valence-corrected chi connectivity index (χ4v) is 9.31. The van der Waals surface area contributed by atoms with Crippen molar-refractivity contribution in [2.75, 3.05) is 0 Å². The summed E-state index contributed by atoms with van der Waals surface area (Å²) in [7, 11) is 0. The van der Waals surface area contributed by atoms with Gasteiger partial charge in [-0.1, -0.05) is 175 Å². The van der Waals surface area contributed by atoms with Crippen molar-refractivity contribution in [3.05, 3.63) is 236 Å². The fourth-order valence-electron chi connectivity index (χ4n) is 9.31. The van der Waals surface area contributed by atoms with E-state index in [2.05, 4.69) is 0 Å². The number of nitrogens with zero attached hydrogens (tertiary/aromatic N) is 7. The highest BCUT2D eigenvalue weighted by molar-refractivity contribution is 6.13. The van der Waals surface area contributed by atoms with Gasteiger partial charge in [-0.05, 0) is 66.0 Å². The minimum atomic E-state index is -0.898. The molecule has 5 heterocycles. The summed E-state index contributed by atoms with van der Waals surface area (Å²) in [5.41, 5.74) is -5.70. The van der Waals surface area contributed by atoms with Crippen molar-refractivity contribution in [1.29, 1.82) is 0 Å². The molecule has 0 unspecified atom stereocenters. The van der Waals surface area contributed by atoms with Gasteiger partial charge in [0.2, 0.25) is 11.9 Å². The van der Waals surface area contributed by atoms with Crippen LogP contribution in [-0.2, 0) is 0 Å². The summed E-state index contributed by atoms with van der Waals surface area (Å²) in [4.78, 5) is 14.8. The van der Waals surface area contributed by atoms with Gasteiger partial charge in [0, 0.05) is 54.2 Å². The van der Waals surface area contributed by atoms with Crippen molar-refractivity contribution >= 4 is 87.2 Å². The van der Waals surface area contributed by atoms with Crippen molar-refractivity contribution in [2.45, 2.75) is 0 Å². The van der Waals surface area contributed by atoms with Gasteiger partial charge in [-0.2, -0.15) is 15.0 Å². The molecule has 0 amide bonds. The molecule has 15 aromatic rings. The first-order valence-corrected chi connectivity index (χ1v) is 21.1. The second-order valence-corrected chi connectivity index (χ2v) is 15.6. The van der Waals surface area contributed by atoms with Crippen LogP contribution in [0.15, 0.2) is 236 Å². The molecule has 0 N–H and O–H groups in total. The molecule has 70 heavy (non-hydrogen) atoms. The second-order valence-electron chi connectivity index (χ2n) is 15.6. The number of para-hydroxylation sites is 8. The Morgan fingerprint density at radius 1 is 0.271 bits per heavy atom. The number of aromatic nitrogens is 7. The van der Waals surface area contributed by atoms with Crippen molar-refractivity contribution in [2.24, 2.45) is 0 Å². The van der Waals surface area contributed by atoms with Gasteiger partial charge in [0.25, 0.3) is 0 Å². The molecule has 5 aromatic heterocycles. The van der Waals surface area contributed by atoms with E-state index in [1.54, 1.807) is 0 Å². The summed E-state index contributed by atoms with van der Waals surface area (Å²) >= 11 is 0. The number of hydrogen-bond acceptors (Lipinski definition) is 3. The lowest BCUT2D eigenvalue weighted by Crippen LogP contribution is -2.11. The quantitative estimate of drug-likeness (QED) is 0.167. The molecule has 15 rings (SSSR count). The monoisotopic (exact) mass is 926 g/mol. The molecule has 0 saturated carbocycles. The van der Waals surface area contributed by atoms with Crippen LogP contribution >= 0.6 is 0 Å². The predicted octanol–water partition coefficient (Wildman–Crippen LogP) is 15.6. The topological polar surface area (TPSA) is 58.4 Å². The SMILES string of the molecule is [2H]c1c([2H])c([2H])c2c(c1[2H])c1c([2H])c([2H])c([2H])c([2H])c1n2-c1nc(-c2ccccc2-c2c(-n3c4c([2H])c([2H])c([2H])c([2H])c4c4c([2H])c([2H])c([2H])c([2H])c43)cccc2-n2c3c([2H])c([2H])c([2H])c([2H])c3c3c([2H])c([2H])c([2H])c([2H])c32)nc(-n2c3c([2H])c([2H])c([2H])c([2H])c3c3c([2H])c([2H])c([2H])c([2H])c32)n1. The van der Waals surface area contributed by atoms with E-state index in [0.717, 1.165) is 18.3 Å². The maximum Gasteiger partial charge on any atom is 0.240 e. The zero-order valence-corrected chi connectivity index (χ0v) is 35.2. The van der Waals surface area contributed by atoms with Crippen LogP contribution in [0.1, 0.15) is 43.9 Å². The standard InChI is InChI=1S/C63H39N7/c1-2-29-49(61-64-62(69-54-34-15-7-24-44(54)45-25-8-16-35-55(45)69)66-63(65-61)70-56-36-17-9-26-46(56)47-27-10-18-37-57(47)70)48(28-1)60-58(67-50-30-11-3-20-40(50)41-21-4-12-31-51(41)67)38-19-39-59(60)68-52-32-13-5-22-42(52)43-23-6-14-33-53(43)68/h1-39H/i3D,4D,5D,6D,7D,8D,9D,10D,11D,12D,13D,14D,15D,16D,17D,18D,20D,21D,22D,23D,24D,25D,26D,27D,30D,31D,32D,33D,34D,35D,36D,37D. The molecule has 0 aliphatic carbocycles. The first-order chi connectivity index (χ1) is 48.1. The van der Waals surface area contributed by atoms with E-state index >= 15 is 0 Å². The zero-order chi connectivity index (χ0) is 73.7. The summed E-state index contributed by atoms with van der Waals surface area (Å²) < 4.78 is 298. The molecule has 7 heteroatoms. The molecule has 10 aromatic carbocycles. The zero-order valence-electron chi connectivity index (χ0n) is 67.2. The Morgan fingerprint density at radius 3 is 0.857 bits per heavy atom. The van der Waals surface area contributed by atoms with Crippen LogP contribution in [0.5, 0.6) is 0 Å². The van der Waals surface area contributed by atoms with Crippen molar-refractivity contribution in [1.82, 2.24) is 33.2 Å². The molecule has 0 fully saturated rings. The molecule has 0 aliphatic rings. The molecule has 0 atom stereocenters. The Hall–Kier alpha value is -9.59. The third-order valence-electron chi connectivity index (χ3n) is 12.1. The van der Waals surface area contributed by atoms with E-state index in [0.29, 0.717) is 0 Å². The summed E-state index contributed by atoms with van der Waals surface area (Å²) in [6.07, 6.45) is 0. The van der Waals surface area contributed by atoms with Crippen molar-refractivity contribution < 1.29 is 43.9 Å². The lowest BCUT2D eigenvalue weighted by molar-refractivity contribution is 0.893. The van der Waals surface area contributed by atoms with E-state index in [1.807, 2.05) is 0 Å². The highest BCUT2D eigenvalue weighted by Crippen LogP contribution is 2.45. The van der Waals surface area contributed by atoms with Gasteiger partial charge in [0.1, 0.15) is 0 Å². The van der Waals surface area contributed by atoms with Gasteiger partial charge < -0.3 is 9.13 Å². The first-order valence-electron chi connectivity index (χ1n) is 37.1.